The Balaban J connectivity index is 1.71. The average Bonchev–Trinajstić information content (AvgIpc) is 3.30. The Kier molecular flexibility index (Phi) is 7.32. The second-order valence-electron chi connectivity index (χ2n) is 6.79. The van der Waals surface area contributed by atoms with E-state index in [-0.39, 0.29) is 22.7 Å². The summed E-state index contributed by atoms with van der Waals surface area (Å²) in [6.07, 6.45) is 2.15. The number of nitrogens with zero attached hydrogens (tertiary/aromatic N) is 3. The molecule has 0 aliphatic carbocycles. The summed E-state index contributed by atoms with van der Waals surface area (Å²) >= 11 is 8.80. The standard InChI is InChI=1S/C20H22ClFN4OS2/c1-4-5-15-8-13(10-28-15)19-24-25-20(26(19)12(2)3)29-11-18(27)23-14-6-7-17(22)16(21)9-14/h6-10,12H,4-5,11H2,1-3H3,(H,23,27). The number of halogens is 2. The van der Waals surface area contributed by atoms with E-state index in [1.807, 2.05) is 4.57 Å². The molecule has 0 aliphatic heterocycles. The Morgan fingerprint density at radius 3 is 2.83 bits per heavy atom. The summed E-state index contributed by atoms with van der Waals surface area (Å²) in [6.45, 7) is 6.29. The number of benzene rings is 1. The van der Waals surface area contributed by atoms with Crippen LogP contribution in [0.5, 0.6) is 0 Å². The first-order valence-corrected chi connectivity index (χ1v) is 11.5. The number of nitrogens with one attached hydrogen (secondary N) is 1. The Bertz CT molecular complexity index is 1000. The second kappa shape index (κ2) is 9.73. The zero-order valence-corrected chi connectivity index (χ0v) is 18.8. The van der Waals surface area contributed by atoms with E-state index in [0.717, 1.165) is 24.2 Å². The Hall–Kier alpha value is -1.90. The van der Waals surface area contributed by atoms with E-state index < -0.39 is 5.82 Å². The molecule has 1 amide bonds. The lowest BCUT2D eigenvalue weighted by molar-refractivity contribution is -0.113. The van der Waals surface area contributed by atoms with Gasteiger partial charge in [-0.2, -0.15) is 0 Å². The minimum atomic E-state index is -0.521. The number of carbonyl (C=O) groups is 1. The van der Waals surface area contributed by atoms with Gasteiger partial charge in [-0.1, -0.05) is 36.7 Å². The topological polar surface area (TPSA) is 59.8 Å². The van der Waals surface area contributed by atoms with Crippen molar-refractivity contribution in [2.24, 2.45) is 0 Å². The molecule has 29 heavy (non-hydrogen) atoms. The highest BCUT2D eigenvalue weighted by Gasteiger charge is 2.19. The molecule has 0 saturated carbocycles. The molecule has 1 N–H and O–H groups in total. The molecule has 1 aromatic carbocycles. The van der Waals surface area contributed by atoms with Crippen molar-refractivity contribution in [3.8, 4) is 11.4 Å². The van der Waals surface area contributed by atoms with Gasteiger partial charge in [-0.3, -0.25) is 9.36 Å². The third-order valence-electron chi connectivity index (χ3n) is 4.13. The van der Waals surface area contributed by atoms with E-state index >= 15 is 0 Å². The molecule has 0 unspecified atom stereocenters. The molecule has 0 spiro atoms. The van der Waals surface area contributed by atoms with E-state index in [1.54, 1.807) is 11.3 Å². The quantitative estimate of drug-likeness (QED) is 0.422. The number of thiophene rings is 1. The highest BCUT2D eigenvalue weighted by atomic mass is 35.5. The van der Waals surface area contributed by atoms with Crippen LogP contribution in [0.15, 0.2) is 34.8 Å². The van der Waals surface area contributed by atoms with Gasteiger partial charge in [-0.05, 0) is 44.5 Å². The van der Waals surface area contributed by atoms with Crippen molar-refractivity contribution in [1.29, 1.82) is 0 Å². The van der Waals surface area contributed by atoms with Crippen LogP contribution in [0.4, 0.5) is 10.1 Å². The number of anilines is 1. The molecule has 0 fully saturated rings. The van der Waals surface area contributed by atoms with Crippen molar-refractivity contribution in [2.75, 3.05) is 11.1 Å². The van der Waals surface area contributed by atoms with E-state index in [4.69, 9.17) is 11.6 Å². The Morgan fingerprint density at radius 2 is 2.14 bits per heavy atom. The lowest BCUT2D eigenvalue weighted by Crippen LogP contribution is -2.15. The largest absolute Gasteiger partial charge is 0.325 e. The van der Waals surface area contributed by atoms with Crippen LogP contribution < -0.4 is 5.32 Å². The van der Waals surface area contributed by atoms with Crippen LogP contribution in [0.2, 0.25) is 5.02 Å². The summed E-state index contributed by atoms with van der Waals surface area (Å²) in [6, 6.07) is 6.40. The summed E-state index contributed by atoms with van der Waals surface area (Å²) in [4.78, 5) is 13.6. The SMILES string of the molecule is CCCc1cc(-c2nnc(SCC(=O)Nc3ccc(F)c(Cl)c3)n2C(C)C)cs1. The lowest BCUT2D eigenvalue weighted by Gasteiger charge is -2.13. The number of thioether (sulfide) groups is 1. The number of rotatable bonds is 8. The number of hydrogen-bond donors (Lipinski definition) is 1. The number of aryl methyl sites for hydroxylation is 1. The first kappa shape index (κ1) is 21.8. The maximum absolute atomic E-state index is 13.2. The molecule has 5 nitrogen and oxygen atoms in total. The van der Waals surface area contributed by atoms with Crippen LogP contribution in [0.3, 0.4) is 0 Å². The molecule has 0 saturated heterocycles. The smallest absolute Gasteiger partial charge is 0.234 e. The molecule has 0 radical (unpaired) electrons. The van der Waals surface area contributed by atoms with Crippen molar-refractivity contribution >= 4 is 46.3 Å². The van der Waals surface area contributed by atoms with Gasteiger partial charge in [0, 0.05) is 27.5 Å². The van der Waals surface area contributed by atoms with E-state index in [1.165, 1.54) is 34.8 Å². The number of hydrogen-bond acceptors (Lipinski definition) is 5. The van der Waals surface area contributed by atoms with Gasteiger partial charge >= 0.3 is 0 Å². The van der Waals surface area contributed by atoms with Crippen molar-refractivity contribution in [3.63, 3.8) is 0 Å². The Morgan fingerprint density at radius 1 is 1.34 bits per heavy atom. The first-order chi connectivity index (χ1) is 13.9. The normalized spacial score (nSPS) is 11.2. The molecule has 154 valence electrons. The van der Waals surface area contributed by atoms with Gasteiger partial charge in [0.15, 0.2) is 11.0 Å². The van der Waals surface area contributed by atoms with Crippen LogP contribution in [0.1, 0.15) is 38.1 Å². The first-order valence-electron chi connectivity index (χ1n) is 9.29. The zero-order chi connectivity index (χ0) is 21.0. The molecule has 9 heteroatoms. The van der Waals surface area contributed by atoms with Crippen molar-refractivity contribution in [2.45, 2.75) is 44.8 Å². The zero-order valence-electron chi connectivity index (χ0n) is 16.4. The van der Waals surface area contributed by atoms with Crippen molar-refractivity contribution < 1.29 is 9.18 Å². The summed E-state index contributed by atoms with van der Waals surface area (Å²) < 4.78 is 15.3. The van der Waals surface area contributed by atoms with Crippen LogP contribution in [-0.4, -0.2) is 26.4 Å². The highest BCUT2D eigenvalue weighted by molar-refractivity contribution is 7.99. The van der Waals surface area contributed by atoms with E-state index in [0.29, 0.717) is 10.8 Å². The average molecular weight is 453 g/mol. The molecule has 0 atom stereocenters. The van der Waals surface area contributed by atoms with Crippen molar-refractivity contribution in [3.05, 3.63) is 45.4 Å². The predicted molar refractivity (Wildman–Crippen MR) is 118 cm³/mol. The maximum Gasteiger partial charge on any atom is 0.234 e. The minimum Gasteiger partial charge on any atom is -0.325 e. The maximum atomic E-state index is 13.2. The summed E-state index contributed by atoms with van der Waals surface area (Å²) in [5.41, 5.74) is 1.51. The Labute approximate surface area is 182 Å². The van der Waals surface area contributed by atoms with Gasteiger partial charge in [0.1, 0.15) is 5.82 Å². The fourth-order valence-corrected chi connectivity index (χ4v) is 4.83. The van der Waals surface area contributed by atoms with Crippen molar-refractivity contribution in [1.82, 2.24) is 14.8 Å². The van der Waals surface area contributed by atoms with Crippen LogP contribution in [0, 0.1) is 5.82 Å². The number of aromatic nitrogens is 3. The van der Waals surface area contributed by atoms with Gasteiger partial charge in [0.2, 0.25) is 5.91 Å². The molecule has 0 aliphatic rings. The molecule has 2 heterocycles. The van der Waals surface area contributed by atoms with Gasteiger partial charge in [0.05, 0.1) is 10.8 Å². The molecule has 3 rings (SSSR count). The summed E-state index contributed by atoms with van der Waals surface area (Å²) in [7, 11) is 0. The number of carbonyl (C=O) groups excluding carboxylic acids is 1. The lowest BCUT2D eigenvalue weighted by atomic mass is 10.2. The fraction of sp³-hybridized carbons (Fsp3) is 0.350. The molecule has 3 aromatic rings. The van der Waals surface area contributed by atoms with Crippen LogP contribution in [-0.2, 0) is 11.2 Å². The third-order valence-corrected chi connectivity index (χ3v) is 6.35. The number of amides is 1. The van der Waals surface area contributed by atoms with Crippen LogP contribution in [0.25, 0.3) is 11.4 Å². The molecule has 2 aromatic heterocycles. The minimum absolute atomic E-state index is 0.0298. The van der Waals surface area contributed by atoms with Gasteiger partial charge in [-0.25, -0.2) is 4.39 Å². The van der Waals surface area contributed by atoms with Gasteiger partial charge < -0.3 is 5.32 Å². The molecular weight excluding hydrogens is 431 g/mol. The summed E-state index contributed by atoms with van der Waals surface area (Å²) in [5.74, 6) is 0.224. The predicted octanol–water partition coefficient (Wildman–Crippen LogP) is 6.06. The van der Waals surface area contributed by atoms with E-state index in [2.05, 4.69) is 47.7 Å². The monoisotopic (exact) mass is 452 g/mol. The van der Waals surface area contributed by atoms with Crippen LogP contribution >= 0.6 is 34.7 Å². The van der Waals surface area contributed by atoms with Gasteiger partial charge in [0.25, 0.3) is 0 Å². The second-order valence-corrected chi connectivity index (χ2v) is 9.13. The molecule has 0 bridgehead atoms. The third kappa shape index (κ3) is 5.38. The summed E-state index contributed by atoms with van der Waals surface area (Å²) in [5, 5.41) is 14.2. The molecular formula is C20H22ClFN4OS2. The highest BCUT2D eigenvalue weighted by Crippen LogP contribution is 2.31. The van der Waals surface area contributed by atoms with Gasteiger partial charge in [-0.15, -0.1) is 21.5 Å². The van der Waals surface area contributed by atoms with E-state index in [9.17, 15) is 9.18 Å². The fourth-order valence-electron chi connectivity index (χ4n) is 2.81.